The smallest absolute Gasteiger partial charge is 0.407 e. The van der Waals surface area contributed by atoms with Crippen LogP contribution in [0.25, 0.3) is 33.6 Å². The maximum atomic E-state index is 14.2. The lowest BCUT2D eigenvalue weighted by atomic mass is 10.0. The van der Waals surface area contributed by atoms with Gasteiger partial charge in [-0.1, -0.05) is 78.9 Å². The van der Waals surface area contributed by atoms with E-state index in [4.69, 9.17) is 4.98 Å². The zero-order valence-corrected chi connectivity index (χ0v) is 31.4. The van der Waals surface area contributed by atoms with Gasteiger partial charge in [-0.15, -0.1) is 0 Å². The molecule has 0 saturated carbocycles. The third-order valence-electron chi connectivity index (χ3n) is 11.4. The van der Waals surface area contributed by atoms with Crippen molar-refractivity contribution in [3.8, 4) is 33.6 Å². The van der Waals surface area contributed by atoms with Gasteiger partial charge in [0.15, 0.2) is 0 Å². The summed E-state index contributed by atoms with van der Waals surface area (Å²) in [4.78, 5) is 61.6. The molecule has 4 atom stereocenters. The number of carbonyl (C=O) groups is 3. The van der Waals surface area contributed by atoms with Crippen molar-refractivity contribution < 1.29 is 19.1 Å². The molecule has 0 bridgehead atoms. The Kier molecular flexibility index (Phi) is 10.5. The largest absolute Gasteiger partial charge is 0.453 e. The highest BCUT2D eigenvalue weighted by molar-refractivity contribution is 5.86. The second kappa shape index (κ2) is 15.9. The minimum atomic E-state index is -0.695. The van der Waals surface area contributed by atoms with E-state index in [-0.39, 0.29) is 29.9 Å². The highest BCUT2D eigenvalue weighted by Crippen LogP contribution is 2.37. The number of imidazole rings is 2. The maximum absolute atomic E-state index is 14.2. The van der Waals surface area contributed by atoms with Gasteiger partial charge in [0, 0.05) is 13.1 Å². The predicted octanol–water partition coefficient (Wildman–Crippen LogP) is 7.04. The Hall–Kier alpha value is -5.75. The summed E-state index contributed by atoms with van der Waals surface area (Å²) >= 11 is 0. The highest BCUT2D eigenvalue weighted by Gasteiger charge is 2.39. The number of benzene rings is 3. The van der Waals surface area contributed by atoms with Crippen LogP contribution < -0.4 is 5.32 Å². The standard InChI is InChI=1S/C43H48N8O4/c1-28(46-43(54)55-2)41(52)50-24-8-12-36(50)39-44-26-34(47-39)31-18-14-29(15-19-31)30-16-20-32(21-17-30)35-27-45-40(48-35)37-13-9-25-51(37)42(53)38(49-22-6-7-23-49)33-10-4-3-5-11-33/h3-5,10-11,14-21,26-28,36-38H,6-9,12-13,22-25H2,1-2H3,(H,44,47)(H,45,48)(H,46,54)/t28-,36-,37-,38+/m0/s1. The van der Waals surface area contributed by atoms with Crippen LogP contribution in [0.5, 0.6) is 0 Å². The second-order valence-corrected chi connectivity index (χ2v) is 14.8. The Balaban J connectivity index is 0.923. The molecule has 284 valence electrons. The van der Waals surface area contributed by atoms with Gasteiger partial charge in [-0.25, -0.2) is 14.8 Å². The molecule has 3 aliphatic heterocycles. The van der Waals surface area contributed by atoms with E-state index >= 15 is 0 Å². The van der Waals surface area contributed by atoms with Crippen LogP contribution in [-0.4, -0.2) is 91.9 Å². The second-order valence-electron chi connectivity index (χ2n) is 14.8. The number of hydrogen-bond acceptors (Lipinski definition) is 7. The fraction of sp³-hybridized carbons (Fsp3) is 0.372. The average Bonchev–Trinajstić information content (AvgIpc) is 4.08. The lowest BCUT2D eigenvalue weighted by Crippen LogP contribution is -2.46. The third kappa shape index (κ3) is 7.51. The van der Waals surface area contributed by atoms with Crippen molar-refractivity contribution in [2.75, 3.05) is 33.3 Å². The van der Waals surface area contributed by atoms with Gasteiger partial charge in [0.05, 0.1) is 43.0 Å². The van der Waals surface area contributed by atoms with Gasteiger partial charge in [0.1, 0.15) is 23.7 Å². The van der Waals surface area contributed by atoms with E-state index in [0.29, 0.717) is 6.54 Å². The van der Waals surface area contributed by atoms with Crippen molar-refractivity contribution in [3.05, 3.63) is 108 Å². The molecule has 2 aromatic heterocycles. The first-order valence-corrected chi connectivity index (χ1v) is 19.4. The van der Waals surface area contributed by atoms with Crippen LogP contribution in [-0.2, 0) is 14.3 Å². The summed E-state index contributed by atoms with van der Waals surface area (Å²) in [6.45, 7) is 4.91. The van der Waals surface area contributed by atoms with Crippen LogP contribution in [0.1, 0.15) is 80.8 Å². The first-order valence-electron chi connectivity index (χ1n) is 19.4. The van der Waals surface area contributed by atoms with E-state index in [1.54, 1.807) is 11.8 Å². The molecule has 55 heavy (non-hydrogen) atoms. The number of rotatable bonds is 10. The molecule has 3 fully saturated rings. The zero-order valence-electron chi connectivity index (χ0n) is 31.4. The topological polar surface area (TPSA) is 140 Å². The number of nitrogens with zero attached hydrogens (tertiary/aromatic N) is 5. The van der Waals surface area contributed by atoms with Crippen molar-refractivity contribution in [1.29, 1.82) is 0 Å². The highest BCUT2D eigenvalue weighted by atomic mass is 16.5. The summed E-state index contributed by atoms with van der Waals surface area (Å²) < 4.78 is 4.66. The number of alkyl carbamates (subject to hydrolysis) is 1. The molecule has 3 N–H and O–H groups in total. The summed E-state index contributed by atoms with van der Waals surface area (Å²) in [5.74, 6) is 1.59. The molecule has 3 amide bonds. The molecule has 3 aliphatic rings. The molecule has 0 aliphatic carbocycles. The monoisotopic (exact) mass is 740 g/mol. The fourth-order valence-electron chi connectivity index (χ4n) is 8.47. The molecule has 8 rings (SSSR count). The SMILES string of the molecule is COC(=O)N[C@@H](C)C(=O)N1CCC[C@H]1c1ncc(-c2ccc(-c3ccc(-c4cnc([C@@H]5CCCN5C(=O)[C@@H](c5ccccc5)N5CCCC5)[nH]4)cc3)cc2)[nH]1. The van der Waals surface area contributed by atoms with Gasteiger partial charge in [0.25, 0.3) is 0 Å². The summed E-state index contributed by atoms with van der Waals surface area (Å²) in [5.41, 5.74) is 7.09. The number of amides is 3. The summed E-state index contributed by atoms with van der Waals surface area (Å²) in [7, 11) is 1.28. The lowest BCUT2D eigenvalue weighted by molar-refractivity contribution is -0.138. The molecule has 5 aromatic rings. The molecule has 12 heteroatoms. The third-order valence-corrected chi connectivity index (χ3v) is 11.4. The summed E-state index contributed by atoms with van der Waals surface area (Å²) in [6.07, 6.45) is 8.83. The van der Waals surface area contributed by atoms with Gasteiger partial charge >= 0.3 is 6.09 Å². The maximum Gasteiger partial charge on any atom is 0.407 e. The minimum Gasteiger partial charge on any atom is -0.453 e. The number of aromatic amines is 2. The Bertz CT molecular complexity index is 2110. The first kappa shape index (κ1) is 36.2. The van der Waals surface area contributed by atoms with Gasteiger partial charge in [-0.05, 0) is 86.4 Å². The van der Waals surface area contributed by atoms with Crippen LogP contribution in [0.2, 0.25) is 0 Å². The predicted molar refractivity (Wildman–Crippen MR) is 209 cm³/mol. The molecule has 0 unspecified atom stereocenters. The number of H-pyrrole nitrogens is 2. The average molecular weight is 741 g/mol. The molecule has 5 heterocycles. The Morgan fingerprint density at radius 2 is 1.16 bits per heavy atom. The van der Waals surface area contributed by atoms with E-state index in [0.717, 1.165) is 109 Å². The van der Waals surface area contributed by atoms with Crippen molar-refractivity contribution in [2.45, 2.75) is 69.6 Å². The number of ether oxygens (including phenoxy) is 1. The number of carbonyl (C=O) groups excluding carboxylic acids is 3. The Morgan fingerprint density at radius 3 is 1.67 bits per heavy atom. The molecule has 3 saturated heterocycles. The molecular formula is C43H48N8O4. The number of aromatic nitrogens is 4. The molecule has 0 spiro atoms. The van der Waals surface area contributed by atoms with E-state index in [9.17, 15) is 14.4 Å². The van der Waals surface area contributed by atoms with E-state index in [1.807, 2.05) is 35.5 Å². The fourth-order valence-corrected chi connectivity index (χ4v) is 8.47. The zero-order chi connectivity index (χ0) is 37.9. The molecule has 12 nitrogen and oxygen atoms in total. The lowest BCUT2D eigenvalue weighted by Gasteiger charge is -2.33. The quantitative estimate of drug-likeness (QED) is 0.140. The van der Waals surface area contributed by atoms with Crippen LogP contribution >= 0.6 is 0 Å². The van der Waals surface area contributed by atoms with Crippen LogP contribution in [0.3, 0.4) is 0 Å². The number of likely N-dealkylation sites (tertiary alicyclic amines) is 3. The van der Waals surface area contributed by atoms with Crippen molar-refractivity contribution >= 4 is 17.9 Å². The molecule has 0 radical (unpaired) electrons. The number of nitrogens with one attached hydrogen (secondary N) is 3. The van der Waals surface area contributed by atoms with Crippen LogP contribution in [0.15, 0.2) is 91.3 Å². The van der Waals surface area contributed by atoms with Crippen LogP contribution in [0.4, 0.5) is 4.79 Å². The first-order chi connectivity index (χ1) is 26.9. The number of methoxy groups -OCH3 is 1. The van der Waals surface area contributed by atoms with Gasteiger partial charge in [-0.2, -0.15) is 0 Å². The van der Waals surface area contributed by atoms with Gasteiger partial charge in [0.2, 0.25) is 11.8 Å². The summed E-state index contributed by atoms with van der Waals surface area (Å²) in [5, 5.41) is 2.57. The van der Waals surface area contributed by atoms with Gasteiger partial charge in [-0.3, -0.25) is 14.5 Å². The van der Waals surface area contributed by atoms with Crippen molar-refractivity contribution in [1.82, 2.24) is 40.0 Å². The summed E-state index contributed by atoms with van der Waals surface area (Å²) in [6, 6.07) is 25.8. The number of hydrogen-bond donors (Lipinski definition) is 3. The van der Waals surface area contributed by atoms with E-state index in [2.05, 4.69) is 90.6 Å². The molecular weight excluding hydrogens is 693 g/mol. The molecule has 3 aromatic carbocycles. The normalized spacial score (nSPS) is 19.7. The van der Waals surface area contributed by atoms with Crippen molar-refractivity contribution in [3.63, 3.8) is 0 Å². The van der Waals surface area contributed by atoms with E-state index < -0.39 is 12.1 Å². The Morgan fingerprint density at radius 1 is 0.673 bits per heavy atom. The van der Waals surface area contributed by atoms with Crippen molar-refractivity contribution in [2.24, 2.45) is 0 Å². The van der Waals surface area contributed by atoms with Gasteiger partial charge < -0.3 is 29.8 Å². The van der Waals surface area contributed by atoms with Crippen LogP contribution in [0, 0.1) is 0 Å². The minimum absolute atomic E-state index is 0.0718. The van der Waals surface area contributed by atoms with E-state index in [1.165, 1.54) is 7.11 Å². The Labute approximate surface area is 321 Å².